The molecule has 0 saturated carbocycles. The van der Waals surface area contributed by atoms with Crippen LogP contribution in [-0.4, -0.2) is 17.6 Å². The first kappa shape index (κ1) is 15.4. The number of nitrogens with two attached hydrogens (primary N) is 1. The number of benzene rings is 2. The molecule has 0 aliphatic rings. The van der Waals surface area contributed by atoms with Gasteiger partial charge in [-0.05, 0) is 24.6 Å². The normalized spacial score (nSPS) is 13.5. The van der Waals surface area contributed by atoms with E-state index in [0.29, 0.717) is 5.02 Å². The number of para-hydroxylation sites is 1. The minimum Gasteiger partial charge on any atom is -0.397 e. The lowest BCUT2D eigenvalue weighted by molar-refractivity contribution is 0.0850. The molecule has 2 aromatic carbocycles. The number of hydrogen-bond donors (Lipinski definition) is 3. The Morgan fingerprint density at radius 2 is 1.90 bits per heavy atom. The fourth-order valence-corrected chi connectivity index (χ4v) is 2.24. The molecular weight excluding hydrogens is 288 g/mol. The van der Waals surface area contributed by atoms with Crippen LogP contribution >= 0.6 is 11.6 Å². The fourth-order valence-electron chi connectivity index (χ4n) is 2.06. The summed E-state index contributed by atoms with van der Waals surface area (Å²) in [4.78, 5) is 12.4. The van der Waals surface area contributed by atoms with Crippen molar-refractivity contribution in [2.75, 3.05) is 12.3 Å². The molecule has 1 atom stereocenters. The van der Waals surface area contributed by atoms with Gasteiger partial charge in [-0.25, -0.2) is 0 Å². The van der Waals surface area contributed by atoms with Crippen molar-refractivity contribution in [3.05, 3.63) is 64.7 Å². The van der Waals surface area contributed by atoms with Crippen LogP contribution in [-0.2, 0) is 5.54 Å². The Hall–Kier alpha value is -2.04. The summed E-state index contributed by atoms with van der Waals surface area (Å²) >= 11 is 5.93. The van der Waals surface area contributed by atoms with Gasteiger partial charge >= 0.3 is 0 Å². The first-order chi connectivity index (χ1) is 9.98. The summed E-state index contributed by atoms with van der Waals surface area (Å²) in [7, 11) is 0. The fraction of sp³-hybridized carbons (Fsp3) is 0.188. The van der Waals surface area contributed by atoms with E-state index in [1.54, 1.807) is 25.1 Å². The third kappa shape index (κ3) is 3.17. The van der Waals surface area contributed by atoms with Crippen LogP contribution in [0, 0.1) is 0 Å². The van der Waals surface area contributed by atoms with Gasteiger partial charge in [0.05, 0.1) is 28.4 Å². The highest BCUT2D eigenvalue weighted by Gasteiger charge is 2.28. The summed E-state index contributed by atoms with van der Waals surface area (Å²) in [5.74, 6) is -0.379. The number of aliphatic hydroxyl groups excluding tert-OH is 1. The van der Waals surface area contributed by atoms with Gasteiger partial charge in [-0.15, -0.1) is 0 Å². The summed E-state index contributed by atoms with van der Waals surface area (Å²) in [5.41, 5.74) is 6.26. The maximum absolute atomic E-state index is 12.4. The highest BCUT2D eigenvalue weighted by atomic mass is 35.5. The van der Waals surface area contributed by atoms with Crippen molar-refractivity contribution >= 4 is 23.2 Å². The monoisotopic (exact) mass is 304 g/mol. The van der Waals surface area contributed by atoms with Crippen LogP contribution in [0.3, 0.4) is 0 Å². The van der Waals surface area contributed by atoms with E-state index in [1.165, 1.54) is 0 Å². The lowest BCUT2D eigenvalue weighted by Gasteiger charge is -2.29. The average molecular weight is 305 g/mol. The molecule has 0 bridgehead atoms. The lowest BCUT2D eigenvalue weighted by atomic mass is 9.92. The van der Waals surface area contributed by atoms with E-state index in [4.69, 9.17) is 17.3 Å². The topological polar surface area (TPSA) is 75.3 Å². The van der Waals surface area contributed by atoms with E-state index in [0.717, 1.165) is 5.56 Å². The Balaban J connectivity index is 2.30. The Kier molecular flexibility index (Phi) is 4.50. The SMILES string of the molecule is CC(CO)(NC(=O)c1cccc(Cl)c1N)c1ccccc1. The van der Waals surface area contributed by atoms with Crippen molar-refractivity contribution in [2.45, 2.75) is 12.5 Å². The standard InChI is InChI=1S/C16H17ClN2O2/c1-16(10-20,11-6-3-2-4-7-11)19-15(21)12-8-5-9-13(17)14(12)18/h2-9,20H,10,18H2,1H3,(H,19,21). The first-order valence-corrected chi connectivity index (χ1v) is 6.88. The molecule has 0 aliphatic heterocycles. The zero-order valence-corrected chi connectivity index (χ0v) is 12.4. The van der Waals surface area contributed by atoms with E-state index >= 15 is 0 Å². The molecule has 0 spiro atoms. The van der Waals surface area contributed by atoms with Crippen molar-refractivity contribution in [2.24, 2.45) is 0 Å². The first-order valence-electron chi connectivity index (χ1n) is 6.51. The third-order valence-corrected chi connectivity index (χ3v) is 3.74. The summed E-state index contributed by atoms with van der Waals surface area (Å²) < 4.78 is 0. The zero-order chi connectivity index (χ0) is 15.5. The molecule has 0 saturated heterocycles. The summed E-state index contributed by atoms with van der Waals surface area (Å²) in [5, 5.41) is 12.8. The molecular formula is C16H17ClN2O2. The third-order valence-electron chi connectivity index (χ3n) is 3.41. The number of nitrogen functional groups attached to an aromatic ring is 1. The van der Waals surface area contributed by atoms with Crippen molar-refractivity contribution in [3.63, 3.8) is 0 Å². The molecule has 2 rings (SSSR count). The van der Waals surface area contributed by atoms with Gasteiger partial charge < -0.3 is 16.2 Å². The molecule has 0 aliphatic carbocycles. The van der Waals surface area contributed by atoms with Gasteiger partial charge in [-0.1, -0.05) is 48.0 Å². The largest absolute Gasteiger partial charge is 0.397 e. The number of carbonyl (C=O) groups is 1. The highest BCUT2D eigenvalue weighted by Crippen LogP contribution is 2.25. The van der Waals surface area contributed by atoms with Crippen LogP contribution in [0.5, 0.6) is 0 Å². The molecule has 0 radical (unpaired) electrons. The van der Waals surface area contributed by atoms with Crippen molar-refractivity contribution in [3.8, 4) is 0 Å². The average Bonchev–Trinajstić information content (AvgIpc) is 2.50. The summed E-state index contributed by atoms with van der Waals surface area (Å²) in [6.45, 7) is 1.52. The van der Waals surface area contributed by atoms with Crippen molar-refractivity contribution < 1.29 is 9.90 Å². The van der Waals surface area contributed by atoms with Crippen LogP contribution in [0.15, 0.2) is 48.5 Å². The summed E-state index contributed by atoms with van der Waals surface area (Å²) in [6, 6.07) is 14.1. The van der Waals surface area contributed by atoms with Crippen LogP contribution in [0.2, 0.25) is 5.02 Å². The van der Waals surface area contributed by atoms with Gasteiger partial charge in [0, 0.05) is 0 Å². The molecule has 0 aromatic heterocycles. The van der Waals surface area contributed by atoms with Crippen LogP contribution < -0.4 is 11.1 Å². The van der Waals surface area contributed by atoms with Gasteiger partial charge in [0.25, 0.3) is 5.91 Å². The van der Waals surface area contributed by atoms with Crippen LogP contribution in [0.4, 0.5) is 5.69 Å². The molecule has 1 unspecified atom stereocenters. The van der Waals surface area contributed by atoms with E-state index in [1.807, 2.05) is 30.3 Å². The molecule has 0 fully saturated rings. The Morgan fingerprint density at radius 1 is 1.24 bits per heavy atom. The number of aliphatic hydroxyl groups is 1. The summed E-state index contributed by atoms with van der Waals surface area (Å²) in [6.07, 6.45) is 0. The predicted octanol–water partition coefficient (Wildman–Crippen LogP) is 2.56. The zero-order valence-electron chi connectivity index (χ0n) is 11.6. The van der Waals surface area contributed by atoms with Crippen LogP contribution in [0.25, 0.3) is 0 Å². The molecule has 0 heterocycles. The molecule has 2 aromatic rings. The number of rotatable bonds is 4. The molecule has 1 amide bonds. The predicted molar refractivity (Wildman–Crippen MR) is 84.2 cm³/mol. The molecule has 4 nitrogen and oxygen atoms in total. The van der Waals surface area contributed by atoms with Crippen molar-refractivity contribution in [1.29, 1.82) is 0 Å². The maximum Gasteiger partial charge on any atom is 0.254 e. The van der Waals surface area contributed by atoms with Gasteiger partial charge in [0.1, 0.15) is 0 Å². The Labute approximate surface area is 128 Å². The van der Waals surface area contributed by atoms with Crippen molar-refractivity contribution in [1.82, 2.24) is 5.32 Å². The number of amides is 1. The maximum atomic E-state index is 12.4. The smallest absolute Gasteiger partial charge is 0.254 e. The molecule has 110 valence electrons. The molecule has 5 heteroatoms. The van der Waals surface area contributed by atoms with Gasteiger partial charge in [-0.2, -0.15) is 0 Å². The second-order valence-corrected chi connectivity index (χ2v) is 5.42. The highest BCUT2D eigenvalue weighted by molar-refractivity contribution is 6.33. The van der Waals surface area contributed by atoms with Crippen LogP contribution in [0.1, 0.15) is 22.8 Å². The second kappa shape index (κ2) is 6.16. The van der Waals surface area contributed by atoms with Gasteiger partial charge in [-0.3, -0.25) is 4.79 Å². The second-order valence-electron chi connectivity index (χ2n) is 5.01. The number of halogens is 1. The van der Waals surface area contributed by atoms with E-state index in [9.17, 15) is 9.90 Å². The molecule has 21 heavy (non-hydrogen) atoms. The van der Waals surface area contributed by atoms with Gasteiger partial charge in [0.15, 0.2) is 0 Å². The van der Waals surface area contributed by atoms with Gasteiger partial charge in [0.2, 0.25) is 0 Å². The van der Waals surface area contributed by atoms with E-state index < -0.39 is 5.54 Å². The van der Waals surface area contributed by atoms with E-state index in [2.05, 4.69) is 5.32 Å². The molecule has 4 N–H and O–H groups in total. The Bertz CT molecular complexity index is 646. The quantitative estimate of drug-likeness (QED) is 0.760. The number of nitrogens with one attached hydrogen (secondary N) is 1. The number of anilines is 1. The minimum atomic E-state index is -0.896. The lowest BCUT2D eigenvalue weighted by Crippen LogP contribution is -2.46. The Morgan fingerprint density at radius 3 is 2.52 bits per heavy atom. The number of hydrogen-bond acceptors (Lipinski definition) is 3. The number of carbonyl (C=O) groups excluding carboxylic acids is 1. The van der Waals surface area contributed by atoms with E-state index in [-0.39, 0.29) is 23.8 Å². The minimum absolute atomic E-state index is 0.227.